The van der Waals surface area contributed by atoms with E-state index < -0.39 is 0 Å². The molecule has 1 aliphatic heterocycles. The van der Waals surface area contributed by atoms with Gasteiger partial charge in [0, 0.05) is 18.8 Å². The number of benzene rings is 1. The van der Waals surface area contributed by atoms with E-state index in [4.69, 9.17) is 10.5 Å². The van der Waals surface area contributed by atoms with Crippen LogP contribution in [0.15, 0.2) is 35.5 Å². The van der Waals surface area contributed by atoms with Crippen LogP contribution in [-0.4, -0.2) is 41.3 Å². The molecule has 21 heavy (non-hydrogen) atoms. The number of nitrogens with zero attached hydrogens (tertiary/aromatic N) is 4. The summed E-state index contributed by atoms with van der Waals surface area (Å²) in [6.07, 6.45) is 0. The standard InChI is InChI=1S/C14H17N5OS/c15-12-16-13(19-6-8-20-9-7-19)18-14(17-12)21-10-11-4-2-1-3-5-11/h1-5H,6-10H2,(H2,15,16,17,18). The summed E-state index contributed by atoms with van der Waals surface area (Å²) in [7, 11) is 0. The lowest BCUT2D eigenvalue weighted by atomic mass is 10.2. The van der Waals surface area contributed by atoms with Gasteiger partial charge in [0.05, 0.1) is 13.2 Å². The number of nitrogens with two attached hydrogens (primary N) is 1. The van der Waals surface area contributed by atoms with Gasteiger partial charge in [-0.2, -0.15) is 15.0 Å². The van der Waals surface area contributed by atoms with Crippen molar-refractivity contribution in [3.63, 3.8) is 0 Å². The van der Waals surface area contributed by atoms with Gasteiger partial charge in [0.25, 0.3) is 0 Å². The van der Waals surface area contributed by atoms with E-state index >= 15 is 0 Å². The molecule has 2 aromatic rings. The van der Waals surface area contributed by atoms with Crippen LogP contribution in [0.5, 0.6) is 0 Å². The molecule has 110 valence electrons. The summed E-state index contributed by atoms with van der Waals surface area (Å²) in [6, 6.07) is 10.2. The third kappa shape index (κ3) is 3.83. The average Bonchev–Trinajstić information content (AvgIpc) is 2.54. The van der Waals surface area contributed by atoms with Crippen LogP contribution in [0.25, 0.3) is 0 Å². The Morgan fingerprint density at radius 2 is 1.86 bits per heavy atom. The number of morpholine rings is 1. The Morgan fingerprint density at radius 3 is 2.62 bits per heavy atom. The molecule has 1 aromatic heterocycles. The Morgan fingerprint density at radius 1 is 1.10 bits per heavy atom. The SMILES string of the molecule is Nc1nc(SCc2ccccc2)nc(N2CCOCC2)n1. The molecule has 0 atom stereocenters. The third-order valence-electron chi connectivity index (χ3n) is 3.13. The fourth-order valence-electron chi connectivity index (χ4n) is 2.05. The topological polar surface area (TPSA) is 77.2 Å². The monoisotopic (exact) mass is 303 g/mol. The van der Waals surface area contributed by atoms with E-state index in [1.807, 2.05) is 18.2 Å². The van der Waals surface area contributed by atoms with Gasteiger partial charge < -0.3 is 15.4 Å². The van der Waals surface area contributed by atoms with E-state index in [2.05, 4.69) is 32.0 Å². The first-order valence-corrected chi connectivity index (χ1v) is 7.81. The van der Waals surface area contributed by atoms with Gasteiger partial charge in [0.15, 0.2) is 5.16 Å². The van der Waals surface area contributed by atoms with Crippen LogP contribution in [0.3, 0.4) is 0 Å². The van der Waals surface area contributed by atoms with Crippen LogP contribution >= 0.6 is 11.8 Å². The predicted molar refractivity (Wildman–Crippen MR) is 83.3 cm³/mol. The van der Waals surface area contributed by atoms with Gasteiger partial charge in [0.2, 0.25) is 11.9 Å². The molecule has 1 aromatic carbocycles. The summed E-state index contributed by atoms with van der Waals surface area (Å²) in [5.74, 6) is 1.72. The number of aromatic nitrogens is 3. The van der Waals surface area contributed by atoms with E-state index in [1.54, 1.807) is 11.8 Å². The number of thioether (sulfide) groups is 1. The van der Waals surface area contributed by atoms with Crippen LogP contribution in [0.4, 0.5) is 11.9 Å². The van der Waals surface area contributed by atoms with Crippen molar-refractivity contribution in [2.45, 2.75) is 10.9 Å². The fourth-order valence-corrected chi connectivity index (χ4v) is 2.84. The van der Waals surface area contributed by atoms with Crippen molar-refractivity contribution in [1.29, 1.82) is 0 Å². The zero-order chi connectivity index (χ0) is 14.5. The van der Waals surface area contributed by atoms with Crippen molar-refractivity contribution in [3.8, 4) is 0 Å². The molecule has 3 rings (SSSR count). The van der Waals surface area contributed by atoms with E-state index in [0.29, 0.717) is 24.3 Å². The third-order valence-corrected chi connectivity index (χ3v) is 4.04. The van der Waals surface area contributed by atoms with Crippen LogP contribution in [0.1, 0.15) is 5.56 Å². The number of ether oxygens (including phenoxy) is 1. The summed E-state index contributed by atoms with van der Waals surface area (Å²) in [5.41, 5.74) is 7.03. The lowest BCUT2D eigenvalue weighted by Gasteiger charge is -2.26. The maximum absolute atomic E-state index is 5.80. The van der Waals surface area contributed by atoms with E-state index in [1.165, 1.54) is 5.56 Å². The van der Waals surface area contributed by atoms with Crippen molar-refractivity contribution in [1.82, 2.24) is 15.0 Å². The highest BCUT2D eigenvalue weighted by Gasteiger charge is 2.16. The summed E-state index contributed by atoms with van der Waals surface area (Å²) >= 11 is 1.57. The van der Waals surface area contributed by atoms with Crippen LogP contribution in [0.2, 0.25) is 0 Å². The zero-order valence-corrected chi connectivity index (χ0v) is 12.4. The summed E-state index contributed by atoms with van der Waals surface area (Å²) < 4.78 is 5.34. The van der Waals surface area contributed by atoms with Gasteiger partial charge in [0.1, 0.15) is 0 Å². The first-order valence-electron chi connectivity index (χ1n) is 6.82. The fraction of sp³-hybridized carbons (Fsp3) is 0.357. The van der Waals surface area contributed by atoms with Crippen molar-refractivity contribution in [2.75, 3.05) is 36.9 Å². The molecule has 0 amide bonds. The van der Waals surface area contributed by atoms with Gasteiger partial charge in [-0.05, 0) is 5.56 Å². The smallest absolute Gasteiger partial charge is 0.231 e. The Kier molecular flexibility index (Phi) is 4.52. The molecule has 1 saturated heterocycles. The Bertz CT molecular complexity index is 589. The minimum atomic E-state index is 0.266. The van der Waals surface area contributed by atoms with E-state index in [9.17, 15) is 0 Å². The lowest BCUT2D eigenvalue weighted by Crippen LogP contribution is -2.37. The van der Waals surface area contributed by atoms with Crippen molar-refractivity contribution in [2.24, 2.45) is 0 Å². The van der Waals surface area contributed by atoms with Crippen molar-refractivity contribution in [3.05, 3.63) is 35.9 Å². The highest BCUT2D eigenvalue weighted by molar-refractivity contribution is 7.98. The second-order valence-corrected chi connectivity index (χ2v) is 5.59. The molecule has 7 heteroatoms. The molecule has 0 spiro atoms. The lowest BCUT2D eigenvalue weighted by molar-refractivity contribution is 0.122. The number of hydrogen-bond donors (Lipinski definition) is 1. The van der Waals surface area contributed by atoms with Gasteiger partial charge in [-0.15, -0.1) is 0 Å². The van der Waals surface area contributed by atoms with E-state index in [-0.39, 0.29) is 5.95 Å². The number of nitrogen functional groups attached to an aromatic ring is 1. The summed E-state index contributed by atoms with van der Waals surface area (Å²) in [5, 5.41) is 0.660. The zero-order valence-electron chi connectivity index (χ0n) is 11.6. The highest BCUT2D eigenvalue weighted by Crippen LogP contribution is 2.22. The van der Waals surface area contributed by atoms with Crippen LogP contribution in [0, 0.1) is 0 Å². The maximum atomic E-state index is 5.80. The van der Waals surface area contributed by atoms with Gasteiger partial charge in [-0.1, -0.05) is 42.1 Å². The molecular weight excluding hydrogens is 286 g/mol. The van der Waals surface area contributed by atoms with Crippen LogP contribution < -0.4 is 10.6 Å². The van der Waals surface area contributed by atoms with Crippen molar-refractivity contribution < 1.29 is 4.74 Å². The largest absolute Gasteiger partial charge is 0.378 e. The first-order chi connectivity index (χ1) is 10.3. The summed E-state index contributed by atoms with van der Waals surface area (Å²) in [4.78, 5) is 15.0. The first kappa shape index (κ1) is 14.1. The van der Waals surface area contributed by atoms with Gasteiger partial charge >= 0.3 is 0 Å². The quantitative estimate of drug-likeness (QED) is 0.859. The summed E-state index contributed by atoms with van der Waals surface area (Å²) in [6.45, 7) is 2.95. The predicted octanol–water partition coefficient (Wildman–Crippen LogP) is 1.58. The van der Waals surface area contributed by atoms with Crippen LogP contribution in [-0.2, 0) is 10.5 Å². The minimum absolute atomic E-state index is 0.266. The molecule has 2 N–H and O–H groups in total. The number of rotatable bonds is 4. The molecule has 0 radical (unpaired) electrons. The molecule has 6 nitrogen and oxygen atoms in total. The van der Waals surface area contributed by atoms with E-state index in [0.717, 1.165) is 18.8 Å². The normalized spacial score (nSPS) is 15.1. The number of anilines is 2. The molecule has 1 aliphatic rings. The Balaban J connectivity index is 1.71. The van der Waals surface area contributed by atoms with Gasteiger partial charge in [-0.3, -0.25) is 0 Å². The Hall–Kier alpha value is -1.86. The van der Waals surface area contributed by atoms with Gasteiger partial charge in [-0.25, -0.2) is 0 Å². The minimum Gasteiger partial charge on any atom is -0.378 e. The maximum Gasteiger partial charge on any atom is 0.231 e. The average molecular weight is 303 g/mol. The Labute approximate surface area is 127 Å². The molecule has 0 bridgehead atoms. The second kappa shape index (κ2) is 6.73. The second-order valence-electron chi connectivity index (χ2n) is 4.65. The molecule has 0 saturated carbocycles. The molecule has 0 unspecified atom stereocenters. The molecule has 2 heterocycles. The highest BCUT2D eigenvalue weighted by atomic mass is 32.2. The molecular formula is C14H17N5OS. The molecule has 1 fully saturated rings. The van der Waals surface area contributed by atoms with Crippen molar-refractivity contribution >= 4 is 23.7 Å². The number of hydrogen-bond acceptors (Lipinski definition) is 7. The molecule has 0 aliphatic carbocycles.